The second kappa shape index (κ2) is 20.8. The molecule has 0 amide bonds. The molecule has 0 spiro atoms. The van der Waals surface area contributed by atoms with Gasteiger partial charge in [-0.05, 0) is 59.7 Å². The summed E-state index contributed by atoms with van der Waals surface area (Å²) in [5.41, 5.74) is 16.7. The number of anilines is 6. The van der Waals surface area contributed by atoms with Crippen LogP contribution in [0, 0.1) is 0 Å². The highest BCUT2D eigenvalue weighted by molar-refractivity contribution is 6.05. The van der Waals surface area contributed by atoms with E-state index in [-0.39, 0.29) is 0 Å². The van der Waals surface area contributed by atoms with Crippen molar-refractivity contribution in [1.82, 2.24) is 34.9 Å². The molecule has 0 fully saturated rings. The van der Waals surface area contributed by atoms with Gasteiger partial charge in [0, 0.05) is 44.5 Å². The zero-order chi connectivity index (χ0) is 53.2. The fourth-order valence-electron chi connectivity index (χ4n) is 10.5. The lowest BCUT2D eigenvalue weighted by Crippen LogP contribution is -2.26. The lowest BCUT2D eigenvalue weighted by atomic mass is 9.91. The Morgan fingerprint density at radius 2 is 0.500 bits per heavy atom. The molecule has 10 aromatic carbocycles. The molecule has 0 saturated heterocycles. The van der Waals surface area contributed by atoms with E-state index in [2.05, 4.69) is 161 Å². The first-order chi connectivity index (χ1) is 39.7. The van der Waals surface area contributed by atoms with E-state index in [0.29, 0.717) is 29.2 Å². The zero-order valence-corrected chi connectivity index (χ0v) is 43.2. The van der Waals surface area contributed by atoms with Gasteiger partial charge in [-0.3, -0.25) is 4.90 Å². The van der Waals surface area contributed by atoms with E-state index in [1.165, 1.54) is 0 Å². The number of rotatable bonds is 11. The van der Waals surface area contributed by atoms with Crippen molar-refractivity contribution in [3.63, 3.8) is 0 Å². The number of aromatic nitrogens is 7. The maximum absolute atomic E-state index is 5.57. The van der Waals surface area contributed by atoms with Crippen molar-refractivity contribution in [2.24, 2.45) is 0 Å². The monoisotopic (exact) mass is 1030 g/mol. The molecule has 4 heterocycles. The molecule has 1 aliphatic heterocycles. The van der Waals surface area contributed by atoms with Gasteiger partial charge >= 0.3 is 0 Å². The predicted molar refractivity (Wildman–Crippen MR) is 323 cm³/mol. The quantitative estimate of drug-likeness (QED) is 0.125. The molecule has 0 bridgehead atoms. The van der Waals surface area contributed by atoms with E-state index in [0.717, 1.165) is 107 Å². The SMILES string of the molecule is c1ccc(-c2cc(-c3cc(-c4nc(-c5ccccc5)cc(-c5ccccc5)n4)c(N4c5ccccc5N(c5nc(-c6ccccc6)nc(-c6ccccc6)n5)c5ccccc54)cc3-c3ccccc3)nc(-c3ccccc3)n2)cc1. The second-order valence-electron chi connectivity index (χ2n) is 19.3. The van der Waals surface area contributed by atoms with Crippen LogP contribution in [-0.4, -0.2) is 34.9 Å². The first-order valence-corrected chi connectivity index (χ1v) is 26.6. The summed E-state index contributed by atoms with van der Waals surface area (Å²) in [6.45, 7) is 0. The van der Waals surface area contributed by atoms with Gasteiger partial charge in [-0.15, -0.1) is 0 Å². The Labute approximate surface area is 463 Å². The van der Waals surface area contributed by atoms with Crippen LogP contribution in [0.5, 0.6) is 0 Å². The summed E-state index contributed by atoms with van der Waals surface area (Å²) >= 11 is 0. The van der Waals surface area contributed by atoms with Crippen LogP contribution in [0.15, 0.2) is 285 Å². The molecule has 9 heteroatoms. The molecule has 0 atom stereocenters. The zero-order valence-electron chi connectivity index (χ0n) is 43.2. The minimum Gasteiger partial charge on any atom is -0.306 e. The van der Waals surface area contributed by atoms with Crippen LogP contribution >= 0.6 is 0 Å². The Morgan fingerprint density at radius 1 is 0.188 bits per heavy atom. The number of para-hydroxylation sites is 4. The average Bonchev–Trinajstić information content (AvgIpc) is 3.69. The topological polar surface area (TPSA) is 96.7 Å². The first kappa shape index (κ1) is 47.4. The molecule has 14 rings (SSSR count). The molecule has 0 saturated carbocycles. The summed E-state index contributed by atoms with van der Waals surface area (Å²) in [5.74, 6) is 2.77. The molecular weight excluding hydrogens is 979 g/mol. The molecule has 0 unspecified atom stereocenters. The van der Waals surface area contributed by atoms with Gasteiger partial charge in [-0.2, -0.15) is 9.97 Å². The molecular formula is C71H47N9. The van der Waals surface area contributed by atoms with Crippen molar-refractivity contribution in [2.75, 3.05) is 9.80 Å². The Bertz CT molecular complexity index is 4120. The maximum atomic E-state index is 5.57. The predicted octanol–water partition coefficient (Wildman–Crippen LogP) is 17.7. The smallest absolute Gasteiger partial charge is 0.238 e. The highest BCUT2D eigenvalue weighted by Gasteiger charge is 2.35. The van der Waals surface area contributed by atoms with Crippen LogP contribution in [0.3, 0.4) is 0 Å². The standard InChI is InChI=1S/C71H47N9/c1-8-26-48(27-9-1)55-45-66(79-62-40-22-24-42-64(62)80(65-43-25-23-41-63(65)79)71-77-68(53-36-18-6-19-37-53)76-69(78-71)54-38-20-7-21-39-54)57(70-73-58(49-28-10-2-11-29-49)46-59(74-70)50-30-12-3-13-31-50)44-56(55)61-47-60(51-32-14-4-15-33-51)72-67(75-61)52-34-16-5-17-35-52/h1-47H. The fourth-order valence-corrected chi connectivity index (χ4v) is 10.5. The summed E-state index contributed by atoms with van der Waals surface area (Å²) in [6.07, 6.45) is 0. The maximum Gasteiger partial charge on any atom is 0.238 e. The van der Waals surface area contributed by atoms with E-state index >= 15 is 0 Å². The highest BCUT2D eigenvalue weighted by Crippen LogP contribution is 2.56. The van der Waals surface area contributed by atoms with E-state index < -0.39 is 0 Å². The van der Waals surface area contributed by atoms with Crippen LogP contribution < -0.4 is 9.80 Å². The molecule has 80 heavy (non-hydrogen) atoms. The van der Waals surface area contributed by atoms with Crippen LogP contribution in [0.2, 0.25) is 0 Å². The molecule has 0 N–H and O–H groups in total. The van der Waals surface area contributed by atoms with Crippen LogP contribution in [-0.2, 0) is 0 Å². The van der Waals surface area contributed by atoms with Gasteiger partial charge in [0.2, 0.25) is 5.95 Å². The number of fused-ring (bicyclic) bond motifs is 2. The van der Waals surface area contributed by atoms with E-state index in [9.17, 15) is 0 Å². The number of hydrogen-bond donors (Lipinski definition) is 0. The minimum atomic E-state index is 0.483. The van der Waals surface area contributed by atoms with E-state index in [4.69, 9.17) is 34.9 Å². The summed E-state index contributed by atoms with van der Waals surface area (Å²) in [5, 5.41) is 0. The Kier molecular flexibility index (Phi) is 12.3. The molecule has 376 valence electrons. The molecule has 0 radical (unpaired) electrons. The van der Waals surface area contributed by atoms with Crippen molar-refractivity contribution in [3.05, 3.63) is 285 Å². The van der Waals surface area contributed by atoms with Gasteiger partial charge in [0.25, 0.3) is 0 Å². The van der Waals surface area contributed by atoms with Gasteiger partial charge in [0.1, 0.15) is 0 Å². The average molecular weight is 1030 g/mol. The summed E-state index contributed by atoms with van der Waals surface area (Å²) in [4.78, 5) is 42.0. The normalized spacial score (nSPS) is 11.7. The lowest BCUT2D eigenvalue weighted by Gasteiger charge is -2.40. The number of benzene rings is 10. The van der Waals surface area contributed by atoms with Gasteiger partial charge in [-0.25, -0.2) is 24.9 Å². The third kappa shape index (κ3) is 9.10. The second-order valence-corrected chi connectivity index (χ2v) is 19.3. The summed E-state index contributed by atoms with van der Waals surface area (Å²) in [6, 6.07) is 97.5. The van der Waals surface area contributed by atoms with Crippen molar-refractivity contribution in [2.45, 2.75) is 0 Å². The molecule has 1 aliphatic rings. The molecule has 0 aliphatic carbocycles. The molecule has 3 aromatic heterocycles. The van der Waals surface area contributed by atoms with Crippen molar-refractivity contribution in [3.8, 4) is 102 Å². The van der Waals surface area contributed by atoms with Gasteiger partial charge in [-0.1, -0.05) is 237 Å². The Hall–Kier alpha value is -11.0. The lowest BCUT2D eigenvalue weighted by molar-refractivity contribution is 1.01. The van der Waals surface area contributed by atoms with Gasteiger partial charge in [0.05, 0.1) is 51.2 Å². The Morgan fingerprint density at radius 3 is 0.912 bits per heavy atom. The summed E-state index contributed by atoms with van der Waals surface area (Å²) in [7, 11) is 0. The highest BCUT2D eigenvalue weighted by atomic mass is 15.3. The van der Waals surface area contributed by atoms with Crippen molar-refractivity contribution < 1.29 is 0 Å². The van der Waals surface area contributed by atoms with Crippen molar-refractivity contribution in [1.29, 1.82) is 0 Å². The third-order valence-corrected chi connectivity index (χ3v) is 14.3. The van der Waals surface area contributed by atoms with Gasteiger partial charge in [0.15, 0.2) is 23.3 Å². The van der Waals surface area contributed by atoms with Crippen LogP contribution in [0.1, 0.15) is 0 Å². The van der Waals surface area contributed by atoms with Crippen molar-refractivity contribution >= 4 is 34.4 Å². The summed E-state index contributed by atoms with van der Waals surface area (Å²) < 4.78 is 0. The Balaban J connectivity index is 1.07. The van der Waals surface area contributed by atoms with Crippen LogP contribution in [0.4, 0.5) is 34.4 Å². The molecule has 9 nitrogen and oxygen atoms in total. The number of hydrogen-bond acceptors (Lipinski definition) is 9. The van der Waals surface area contributed by atoms with E-state index in [1.54, 1.807) is 0 Å². The first-order valence-electron chi connectivity index (χ1n) is 26.6. The number of nitrogens with zero attached hydrogens (tertiary/aromatic N) is 9. The van der Waals surface area contributed by atoms with Crippen LogP contribution in [0.25, 0.3) is 102 Å². The minimum absolute atomic E-state index is 0.483. The van der Waals surface area contributed by atoms with Gasteiger partial charge < -0.3 is 4.90 Å². The van der Waals surface area contributed by atoms with E-state index in [1.807, 2.05) is 133 Å². The molecule has 13 aromatic rings. The third-order valence-electron chi connectivity index (χ3n) is 14.3. The fraction of sp³-hybridized carbons (Fsp3) is 0. The largest absolute Gasteiger partial charge is 0.306 e.